The fourth-order valence-electron chi connectivity index (χ4n) is 2.11. The van der Waals surface area contributed by atoms with E-state index in [4.69, 9.17) is 4.74 Å². The highest BCUT2D eigenvalue weighted by Crippen LogP contribution is 2.20. The number of anilines is 1. The van der Waals surface area contributed by atoms with Gasteiger partial charge in [0.05, 0.1) is 18.4 Å². The van der Waals surface area contributed by atoms with E-state index in [9.17, 15) is 22.8 Å². The van der Waals surface area contributed by atoms with Crippen molar-refractivity contribution in [1.82, 2.24) is 5.32 Å². The van der Waals surface area contributed by atoms with Gasteiger partial charge in [0, 0.05) is 11.3 Å². The number of carbonyl (C=O) groups excluding carboxylic acids is 2. The molecule has 1 aliphatic heterocycles. The minimum Gasteiger partial charge on any atom is -0.501 e. The lowest BCUT2D eigenvalue weighted by molar-refractivity contribution is -0.123. The quantitative estimate of drug-likeness (QED) is 0.884. The van der Waals surface area contributed by atoms with Crippen LogP contribution in [0.5, 0.6) is 0 Å². The first-order valence-corrected chi connectivity index (χ1v) is 7.34. The number of ether oxygens (including phenoxy) is 1. The van der Waals surface area contributed by atoms with Gasteiger partial charge in [0.2, 0.25) is 0 Å². The highest BCUT2D eigenvalue weighted by molar-refractivity contribution is 6.05. The van der Waals surface area contributed by atoms with Crippen LogP contribution in [0.15, 0.2) is 30.0 Å². The van der Waals surface area contributed by atoms with Crippen LogP contribution >= 0.6 is 0 Å². The predicted octanol–water partition coefficient (Wildman–Crippen LogP) is 2.92. The van der Waals surface area contributed by atoms with Crippen molar-refractivity contribution in [3.8, 4) is 0 Å². The average Bonchev–Trinajstić information content (AvgIpc) is 2.54. The maximum absolute atomic E-state index is 12.2. The molecule has 0 saturated heterocycles. The number of halogens is 3. The number of alkyl halides is 3. The fourth-order valence-corrected chi connectivity index (χ4v) is 2.11. The number of benzene rings is 1. The molecule has 2 rings (SSSR count). The summed E-state index contributed by atoms with van der Waals surface area (Å²) >= 11 is 0. The lowest BCUT2D eigenvalue weighted by Crippen LogP contribution is -2.33. The summed E-state index contributed by atoms with van der Waals surface area (Å²) in [7, 11) is 0. The molecule has 1 aromatic rings. The summed E-state index contributed by atoms with van der Waals surface area (Å²) in [5.41, 5.74) is 1.57. The Morgan fingerprint density at radius 2 is 2.00 bits per heavy atom. The number of nitrogens with one attached hydrogen (secondary N) is 2. The Balaban J connectivity index is 2.09. The van der Waals surface area contributed by atoms with E-state index in [0.29, 0.717) is 29.9 Å². The summed E-state index contributed by atoms with van der Waals surface area (Å²) < 4.78 is 41.6. The number of hydrogen-bond acceptors (Lipinski definition) is 3. The third kappa shape index (κ3) is 5.00. The molecule has 2 N–H and O–H groups in total. The molecule has 0 saturated carbocycles. The van der Waals surface area contributed by atoms with E-state index in [1.54, 1.807) is 18.3 Å². The third-order valence-electron chi connectivity index (χ3n) is 3.42. The monoisotopic (exact) mass is 342 g/mol. The van der Waals surface area contributed by atoms with Gasteiger partial charge in [-0.05, 0) is 37.5 Å². The van der Waals surface area contributed by atoms with E-state index < -0.39 is 18.6 Å². The van der Waals surface area contributed by atoms with Gasteiger partial charge >= 0.3 is 6.18 Å². The molecule has 2 amide bonds. The molecular weight excluding hydrogens is 325 g/mol. The zero-order chi connectivity index (χ0) is 17.7. The number of amides is 2. The van der Waals surface area contributed by atoms with Crippen LogP contribution in [0.25, 0.3) is 0 Å². The van der Waals surface area contributed by atoms with Gasteiger partial charge in [-0.15, -0.1) is 0 Å². The van der Waals surface area contributed by atoms with E-state index >= 15 is 0 Å². The Bertz CT molecular complexity index is 669. The van der Waals surface area contributed by atoms with Gasteiger partial charge in [-0.3, -0.25) is 9.59 Å². The second kappa shape index (κ2) is 7.37. The van der Waals surface area contributed by atoms with E-state index in [2.05, 4.69) is 5.32 Å². The lowest BCUT2D eigenvalue weighted by atomic mass is 10.1. The minimum absolute atomic E-state index is 0.0361. The summed E-state index contributed by atoms with van der Waals surface area (Å²) in [4.78, 5) is 23.9. The SMILES string of the molecule is Cc1ccc(C(=O)NCC(F)(F)F)cc1NC(=O)C1=COCCC1. The molecule has 0 aromatic heterocycles. The summed E-state index contributed by atoms with van der Waals surface area (Å²) in [5, 5.41) is 4.45. The van der Waals surface area contributed by atoms with Gasteiger partial charge in [-0.1, -0.05) is 6.07 Å². The Labute approximate surface area is 136 Å². The molecule has 0 spiro atoms. The maximum atomic E-state index is 12.2. The Kier molecular flexibility index (Phi) is 5.48. The number of hydrogen-bond donors (Lipinski definition) is 2. The van der Waals surface area contributed by atoms with Crippen LogP contribution in [0, 0.1) is 6.92 Å². The lowest BCUT2D eigenvalue weighted by Gasteiger charge is -2.15. The van der Waals surface area contributed by atoms with Crippen LogP contribution < -0.4 is 10.6 Å². The summed E-state index contributed by atoms with van der Waals surface area (Å²) in [6, 6.07) is 4.31. The molecule has 24 heavy (non-hydrogen) atoms. The van der Waals surface area contributed by atoms with Crippen molar-refractivity contribution in [2.24, 2.45) is 0 Å². The van der Waals surface area contributed by atoms with E-state index in [1.807, 2.05) is 0 Å². The van der Waals surface area contributed by atoms with Gasteiger partial charge in [-0.2, -0.15) is 13.2 Å². The van der Waals surface area contributed by atoms with E-state index in [1.165, 1.54) is 18.4 Å². The molecule has 1 heterocycles. The smallest absolute Gasteiger partial charge is 0.405 e. The van der Waals surface area contributed by atoms with Crippen molar-refractivity contribution < 1.29 is 27.5 Å². The highest BCUT2D eigenvalue weighted by atomic mass is 19.4. The van der Waals surface area contributed by atoms with Crippen molar-refractivity contribution in [1.29, 1.82) is 0 Å². The molecule has 0 bridgehead atoms. The standard InChI is InChI=1S/C16H17F3N2O3/c1-10-4-5-11(14(22)20-9-16(17,18)19)7-13(10)21-15(23)12-3-2-6-24-8-12/h4-5,7-8H,2-3,6,9H2,1H3,(H,20,22)(H,21,23). The largest absolute Gasteiger partial charge is 0.501 e. The van der Waals surface area contributed by atoms with Crippen LogP contribution in [0.4, 0.5) is 18.9 Å². The van der Waals surface area contributed by atoms with Crippen LogP contribution in [-0.4, -0.2) is 31.1 Å². The molecule has 0 unspecified atom stereocenters. The van der Waals surface area contributed by atoms with Crippen molar-refractivity contribution in [3.05, 3.63) is 41.2 Å². The van der Waals surface area contributed by atoms with Gasteiger partial charge < -0.3 is 15.4 Å². The van der Waals surface area contributed by atoms with Crippen molar-refractivity contribution in [2.45, 2.75) is 25.9 Å². The van der Waals surface area contributed by atoms with Gasteiger partial charge in [0.1, 0.15) is 6.54 Å². The minimum atomic E-state index is -4.48. The topological polar surface area (TPSA) is 67.4 Å². The van der Waals surface area contributed by atoms with Crippen LogP contribution in [0.1, 0.15) is 28.8 Å². The number of carbonyl (C=O) groups is 2. The maximum Gasteiger partial charge on any atom is 0.405 e. The molecule has 0 aliphatic carbocycles. The molecule has 8 heteroatoms. The Morgan fingerprint density at radius 1 is 1.25 bits per heavy atom. The molecule has 0 atom stereocenters. The average molecular weight is 342 g/mol. The first-order chi connectivity index (χ1) is 11.3. The summed E-state index contributed by atoms with van der Waals surface area (Å²) in [6.45, 7) is 0.870. The number of aryl methyl sites for hydroxylation is 1. The third-order valence-corrected chi connectivity index (χ3v) is 3.42. The molecule has 1 aromatic carbocycles. The van der Waals surface area contributed by atoms with Crippen LogP contribution in [0.2, 0.25) is 0 Å². The second-order valence-corrected chi connectivity index (χ2v) is 5.40. The van der Waals surface area contributed by atoms with Gasteiger partial charge in [0.15, 0.2) is 0 Å². The van der Waals surface area contributed by atoms with Crippen LogP contribution in [0.3, 0.4) is 0 Å². The molecule has 130 valence electrons. The first kappa shape index (κ1) is 17.8. The highest BCUT2D eigenvalue weighted by Gasteiger charge is 2.28. The van der Waals surface area contributed by atoms with Gasteiger partial charge in [-0.25, -0.2) is 0 Å². The Hall–Kier alpha value is -2.51. The van der Waals surface area contributed by atoms with Crippen molar-refractivity contribution in [3.63, 3.8) is 0 Å². The summed E-state index contributed by atoms with van der Waals surface area (Å²) in [6.07, 6.45) is -1.77. The van der Waals surface area contributed by atoms with E-state index in [0.717, 1.165) is 6.42 Å². The predicted molar refractivity (Wildman–Crippen MR) is 81.5 cm³/mol. The van der Waals surface area contributed by atoms with Gasteiger partial charge in [0.25, 0.3) is 11.8 Å². The molecule has 5 nitrogen and oxygen atoms in total. The van der Waals surface area contributed by atoms with Crippen molar-refractivity contribution >= 4 is 17.5 Å². The summed E-state index contributed by atoms with van der Waals surface area (Å²) in [5.74, 6) is -1.21. The van der Waals surface area contributed by atoms with Crippen LogP contribution in [-0.2, 0) is 9.53 Å². The fraction of sp³-hybridized carbons (Fsp3) is 0.375. The molecule has 1 aliphatic rings. The molecule has 0 radical (unpaired) electrons. The molecule has 0 fully saturated rings. The normalized spacial score (nSPS) is 14.4. The number of rotatable bonds is 4. The first-order valence-electron chi connectivity index (χ1n) is 7.34. The Morgan fingerprint density at radius 3 is 2.62 bits per heavy atom. The molecular formula is C16H17F3N2O3. The van der Waals surface area contributed by atoms with E-state index in [-0.39, 0.29) is 11.5 Å². The van der Waals surface area contributed by atoms with Crippen molar-refractivity contribution in [2.75, 3.05) is 18.5 Å². The zero-order valence-corrected chi connectivity index (χ0v) is 13.0. The second-order valence-electron chi connectivity index (χ2n) is 5.40. The zero-order valence-electron chi connectivity index (χ0n) is 13.0.